The molecule has 4 nitrogen and oxygen atoms in total. The number of nitrogens with two attached hydrogens (primary N) is 1. The molecule has 0 atom stereocenters. The molecule has 4 N–H and O–H groups in total. The van der Waals surface area contributed by atoms with Crippen LogP contribution < -0.4 is 11.1 Å². The van der Waals surface area contributed by atoms with Crippen molar-refractivity contribution in [1.29, 1.82) is 5.41 Å². The molecular weight excluding hydrogens is 226 g/mol. The lowest BCUT2D eigenvalue weighted by molar-refractivity contribution is 0.0951. The molecule has 1 amide bonds. The predicted octanol–water partition coefficient (Wildman–Crippen LogP) is 2.33. The summed E-state index contributed by atoms with van der Waals surface area (Å²) in [7, 11) is 0. The Bertz CT molecular complexity index is 525. The van der Waals surface area contributed by atoms with E-state index in [4.69, 9.17) is 11.1 Å². The normalized spacial score (nSPS) is 15.3. The molecule has 18 heavy (non-hydrogen) atoms. The first kappa shape index (κ1) is 12.4. The zero-order valence-corrected chi connectivity index (χ0v) is 10.4. The Morgan fingerprint density at radius 3 is 2.83 bits per heavy atom. The third-order valence-corrected chi connectivity index (χ3v) is 3.06. The highest BCUT2D eigenvalue weighted by Gasteiger charge is 2.24. The molecule has 1 aliphatic rings. The largest absolute Gasteiger partial charge is 0.404 e. The Balaban J connectivity index is 0.00000180. The van der Waals surface area contributed by atoms with Crippen LogP contribution in [0.1, 0.15) is 37.2 Å². The van der Waals surface area contributed by atoms with Gasteiger partial charge in [-0.05, 0) is 43.0 Å². The van der Waals surface area contributed by atoms with Crippen molar-refractivity contribution in [2.24, 2.45) is 5.73 Å². The summed E-state index contributed by atoms with van der Waals surface area (Å²) < 4.78 is 0. The number of aryl methyl sites for hydroxylation is 1. The van der Waals surface area contributed by atoms with Crippen LogP contribution in [0.3, 0.4) is 0 Å². The van der Waals surface area contributed by atoms with Crippen LogP contribution in [0.15, 0.2) is 24.4 Å². The van der Waals surface area contributed by atoms with Crippen molar-refractivity contribution in [3.8, 4) is 0 Å². The Morgan fingerprint density at radius 1 is 1.56 bits per heavy atom. The van der Waals surface area contributed by atoms with Crippen molar-refractivity contribution in [3.05, 3.63) is 41.1 Å². The van der Waals surface area contributed by atoms with Gasteiger partial charge in [-0.2, -0.15) is 0 Å². The summed E-state index contributed by atoms with van der Waals surface area (Å²) >= 11 is 0. The first-order valence-electron chi connectivity index (χ1n) is 6.00. The summed E-state index contributed by atoms with van der Waals surface area (Å²) in [5.41, 5.74) is 8.55. The maximum absolute atomic E-state index is 11.9. The van der Waals surface area contributed by atoms with E-state index in [1.54, 1.807) is 12.1 Å². The summed E-state index contributed by atoms with van der Waals surface area (Å²) in [6.45, 7) is 1.94. The Labute approximate surface area is 109 Å². The van der Waals surface area contributed by atoms with Gasteiger partial charge in [-0.3, -0.25) is 4.79 Å². The number of amides is 1. The average Bonchev–Trinajstić information content (AvgIpc) is 3.16. The van der Waals surface area contributed by atoms with Gasteiger partial charge in [-0.1, -0.05) is 6.07 Å². The second-order valence-corrected chi connectivity index (χ2v) is 4.54. The second-order valence-electron chi connectivity index (χ2n) is 4.54. The van der Waals surface area contributed by atoms with Crippen LogP contribution in [0, 0.1) is 12.3 Å². The molecule has 0 aliphatic heterocycles. The Hall–Kier alpha value is -2.10. The molecular formula is C14H21N3O. The van der Waals surface area contributed by atoms with Crippen molar-refractivity contribution in [2.75, 3.05) is 0 Å². The third kappa shape index (κ3) is 2.59. The first-order chi connectivity index (χ1) is 8.65. The van der Waals surface area contributed by atoms with Gasteiger partial charge < -0.3 is 16.5 Å². The van der Waals surface area contributed by atoms with Gasteiger partial charge in [0.15, 0.2) is 0 Å². The smallest absolute Gasteiger partial charge is 0.251 e. The molecule has 0 aromatic heterocycles. The van der Waals surface area contributed by atoms with Crippen LogP contribution in [-0.2, 0) is 0 Å². The number of rotatable bonds is 4. The van der Waals surface area contributed by atoms with E-state index in [1.165, 1.54) is 12.4 Å². The molecule has 2 rings (SSSR count). The molecule has 1 aliphatic carbocycles. The number of allylic oxidation sites excluding steroid dienone is 1. The van der Waals surface area contributed by atoms with E-state index in [1.807, 2.05) is 13.0 Å². The maximum atomic E-state index is 11.9. The highest BCUT2D eigenvalue weighted by Crippen LogP contribution is 2.21. The minimum absolute atomic E-state index is 0. The van der Waals surface area contributed by atoms with Gasteiger partial charge in [-0.25, -0.2) is 0 Å². The monoisotopic (exact) mass is 247 g/mol. The quantitative estimate of drug-likeness (QED) is 0.714. The minimum atomic E-state index is -0.0555. The molecule has 0 heterocycles. The molecule has 0 radical (unpaired) electrons. The summed E-state index contributed by atoms with van der Waals surface area (Å²) in [6.07, 6.45) is 4.72. The Morgan fingerprint density at radius 2 is 2.28 bits per heavy atom. The number of carbonyl (C=O) groups excluding carboxylic acids is 1. The SMILES string of the molecule is Cc1ccc(C(=O)NC2CC2)cc1/C(C=N)=C/N.[HH].[HH]. The van der Waals surface area contributed by atoms with Crippen molar-refractivity contribution in [2.45, 2.75) is 25.8 Å². The standard InChI is InChI=1S/C14H17N3O.2H2/c1-9-2-3-10(14(18)17-12-4-5-12)6-13(9)11(7-15)8-16;;/h2-3,6-8,12,15H,4-5,16H2,1H3,(H,17,18);2*1H/b11-8+,15-7?;;. The molecule has 0 saturated heterocycles. The summed E-state index contributed by atoms with van der Waals surface area (Å²) in [5.74, 6) is -0.0555. The van der Waals surface area contributed by atoms with Crippen LogP contribution in [0.25, 0.3) is 5.57 Å². The molecule has 1 saturated carbocycles. The molecule has 0 bridgehead atoms. The molecule has 1 aromatic carbocycles. The van der Waals surface area contributed by atoms with Gasteiger partial charge in [0.2, 0.25) is 0 Å². The van der Waals surface area contributed by atoms with Gasteiger partial charge in [0.25, 0.3) is 5.91 Å². The average molecular weight is 247 g/mol. The number of hydrogen-bond donors (Lipinski definition) is 3. The highest BCUT2D eigenvalue weighted by atomic mass is 16.1. The fraction of sp³-hybridized carbons (Fsp3) is 0.286. The van der Waals surface area contributed by atoms with E-state index in [0.29, 0.717) is 17.2 Å². The van der Waals surface area contributed by atoms with E-state index in [-0.39, 0.29) is 8.76 Å². The topological polar surface area (TPSA) is 79.0 Å². The van der Waals surface area contributed by atoms with E-state index >= 15 is 0 Å². The van der Waals surface area contributed by atoms with Crippen LogP contribution in [0.2, 0.25) is 0 Å². The van der Waals surface area contributed by atoms with Crippen LogP contribution in [0.4, 0.5) is 0 Å². The van der Waals surface area contributed by atoms with E-state index in [2.05, 4.69) is 5.32 Å². The number of benzene rings is 1. The van der Waals surface area contributed by atoms with E-state index in [0.717, 1.165) is 24.0 Å². The molecule has 1 fully saturated rings. The lowest BCUT2D eigenvalue weighted by Gasteiger charge is -2.09. The molecule has 1 aromatic rings. The van der Waals surface area contributed by atoms with Crippen LogP contribution >= 0.6 is 0 Å². The number of carbonyl (C=O) groups is 1. The summed E-state index contributed by atoms with van der Waals surface area (Å²) in [6, 6.07) is 5.81. The zero-order valence-electron chi connectivity index (χ0n) is 10.4. The second kappa shape index (κ2) is 5.04. The predicted molar refractivity (Wildman–Crippen MR) is 76.8 cm³/mol. The lowest BCUT2D eigenvalue weighted by atomic mass is 9.99. The van der Waals surface area contributed by atoms with E-state index < -0.39 is 0 Å². The van der Waals surface area contributed by atoms with Crippen molar-refractivity contribution < 1.29 is 7.65 Å². The molecule has 0 unspecified atom stereocenters. The van der Waals surface area contributed by atoms with Gasteiger partial charge in [-0.15, -0.1) is 0 Å². The van der Waals surface area contributed by atoms with Gasteiger partial charge in [0, 0.05) is 32.4 Å². The zero-order chi connectivity index (χ0) is 13.1. The minimum Gasteiger partial charge on any atom is -0.404 e. The summed E-state index contributed by atoms with van der Waals surface area (Å²) in [5, 5.41) is 10.3. The molecule has 0 spiro atoms. The van der Waals surface area contributed by atoms with Gasteiger partial charge in [0.05, 0.1) is 0 Å². The Kier molecular flexibility index (Phi) is 3.46. The third-order valence-electron chi connectivity index (χ3n) is 3.06. The molecule has 98 valence electrons. The van der Waals surface area contributed by atoms with Crippen LogP contribution in [-0.4, -0.2) is 18.2 Å². The fourth-order valence-corrected chi connectivity index (χ4v) is 1.79. The van der Waals surface area contributed by atoms with Gasteiger partial charge >= 0.3 is 0 Å². The number of nitrogens with one attached hydrogen (secondary N) is 2. The lowest BCUT2D eigenvalue weighted by Crippen LogP contribution is -2.25. The summed E-state index contributed by atoms with van der Waals surface area (Å²) in [4.78, 5) is 11.9. The highest BCUT2D eigenvalue weighted by molar-refractivity contribution is 6.09. The van der Waals surface area contributed by atoms with Crippen molar-refractivity contribution >= 4 is 17.7 Å². The first-order valence-corrected chi connectivity index (χ1v) is 6.00. The van der Waals surface area contributed by atoms with Crippen LogP contribution in [0.5, 0.6) is 0 Å². The van der Waals surface area contributed by atoms with Crippen molar-refractivity contribution in [1.82, 2.24) is 5.32 Å². The fourth-order valence-electron chi connectivity index (χ4n) is 1.79. The maximum Gasteiger partial charge on any atom is 0.251 e. The molecule has 4 heteroatoms. The van der Waals surface area contributed by atoms with Gasteiger partial charge in [0.1, 0.15) is 0 Å². The van der Waals surface area contributed by atoms with Crippen molar-refractivity contribution in [3.63, 3.8) is 0 Å². The number of hydrogen-bond acceptors (Lipinski definition) is 3. The van der Waals surface area contributed by atoms with E-state index in [9.17, 15) is 4.79 Å².